The molecule has 0 aliphatic carbocycles. The van der Waals surface area contributed by atoms with Crippen molar-refractivity contribution < 1.29 is 18.1 Å². The van der Waals surface area contributed by atoms with Gasteiger partial charge in [0.15, 0.2) is 0 Å². The van der Waals surface area contributed by atoms with Gasteiger partial charge in [0.25, 0.3) is 5.69 Å². The molecule has 0 amide bonds. The molecule has 1 saturated heterocycles. The Morgan fingerprint density at radius 3 is 2.28 bits per heavy atom. The zero-order valence-electron chi connectivity index (χ0n) is 15.0. The van der Waals surface area contributed by atoms with Gasteiger partial charge in [-0.2, -0.15) is 4.31 Å². The fourth-order valence-corrected chi connectivity index (χ4v) is 4.85. The Morgan fingerprint density at radius 1 is 1.24 bits per heavy atom. The SMILES string of the molecule is CCN(CC)S(=O)(=O)c1cc([N+](=O)[O-])ccc1N1C[C@@H](C)O[C@@H](C)C1. The van der Waals surface area contributed by atoms with E-state index in [2.05, 4.69) is 0 Å². The second-order valence-electron chi connectivity index (χ2n) is 6.16. The van der Waals surface area contributed by atoms with Crippen molar-refractivity contribution in [2.45, 2.75) is 44.8 Å². The Labute approximate surface area is 148 Å². The molecular weight excluding hydrogens is 346 g/mol. The van der Waals surface area contributed by atoms with E-state index in [1.165, 1.54) is 16.4 Å². The molecule has 9 heteroatoms. The molecule has 2 rings (SSSR count). The third-order valence-corrected chi connectivity index (χ3v) is 6.32. The van der Waals surface area contributed by atoms with Gasteiger partial charge in [-0.3, -0.25) is 10.1 Å². The summed E-state index contributed by atoms with van der Waals surface area (Å²) >= 11 is 0. The largest absolute Gasteiger partial charge is 0.372 e. The van der Waals surface area contributed by atoms with Gasteiger partial charge in [0.2, 0.25) is 10.0 Å². The predicted octanol–water partition coefficient (Wildman–Crippen LogP) is 2.24. The number of nitro benzene ring substituents is 1. The Balaban J connectivity index is 2.58. The Bertz CT molecular complexity index is 723. The van der Waals surface area contributed by atoms with E-state index in [1.54, 1.807) is 13.8 Å². The number of rotatable bonds is 6. The topological polar surface area (TPSA) is 93.0 Å². The van der Waals surface area contributed by atoms with Crippen LogP contribution in [0.5, 0.6) is 0 Å². The van der Waals surface area contributed by atoms with Gasteiger partial charge in [-0.15, -0.1) is 0 Å². The summed E-state index contributed by atoms with van der Waals surface area (Å²) in [5.41, 5.74) is 0.253. The second-order valence-corrected chi connectivity index (χ2v) is 8.07. The van der Waals surface area contributed by atoms with Gasteiger partial charge in [0, 0.05) is 38.3 Å². The molecule has 0 spiro atoms. The monoisotopic (exact) mass is 371 g/mol. The van der Waals surface area contributed by atoms with E-state index in [1.807, 2.05) is 18.7 Å². The number of benzene rings is 1. The van der Waals surface area contributed by atoms with Crippen molar-refractivity contribution in [2.24, 2.45) is 0 Å². The smallest absolute Gasteiger partial charge is 0.270 e. The van der Waals surface area contributed by atoms with E-state index in [9.17, 15) is 18.5 Å². The van der Waals surface area contributed by atoms with Crippen LogP contribution in [0.3, 0.4) is 0 Å². The third kappa shape index (κ3) is 4.10. The molecule has 8 nitrogen and oxygen atoms in total. The van der Waals surface area contributed by atoms with Gasteiger partial charge >= 0.3 is 0 Å². The highest BCUT2D eigenvalue weighted by Gasteiger charge is 2.31. The average molecular weight is 371 g/mol. The number of morpholine rings is 1. The molecule has 140 valence electrons. The number of nitro groups is 1. The number of non-ortho nitro benzene ring substituents is 1. The van der Waals surface area contributed by atoms with Gasteiger partial charge in [-0.25, -0.2) is 8.42 Å². The van der Waals surface area contributed by atoms with Gasteiger partial charge in [-0.05, 0) is 19.9 Å². The van der Waals surface area contributed by atoms with Gasteiger partial charge < -0.3 is 9.64 Å². The minimum Gasteiger partial charge on any atom is -0.372 e. The maximum Gasteiger partial charge on any atom is 0.270 e. The van der Waals surface area contributed by atoms with E-state index in [0.717, 1.165) is 6.07 Å². The van der Waals surface area contributed by atoms with E-state index < -0.39 is 14.9 Å². The molecule has 1 heterocycles. The first kappa shape index (κ1) is 19.6. The zero-order valence-corrected chi connectivity index (χ0v) is 15.8. The summed E-state index contributed by atoms with van der Waals surface area (Å²) < 4.78 is 33.1. The summed E-state index contributed by atoms with van der Waals surface area (Å²) in [5.74, 6) is 0. The number of nitrogens with zero attached hydrogens (tertiary/aromatic N) is 3. The molecule has 1 fully saturated rings. The van der Waals surface area contributed by atoms with Crippen LogP contribution in [-0.2, 0) is 14.8 Å². The molecule has 25 heavy (non-hydrogen) atoms. The molecular formula is C16H25N3O5S. The number of hydrogen-bond acceptors (Lipinski definition) is 6. The molecule has 0 N–H and O–H groups in total. The van der Waals surface area contributed by atoms with E-state index >= 15 is 0 Å². The lowest BCUT2D eigenvalue weighted by atomic mass is 10.2. The maximum absolute atomic E-state index is 13.0. The Kier molecular flexibility index (Phi) is 6.02. The number of sulfonamides is 1. The van der Waals surface area contributed by atoms with Crippen LogP contribution in [0, 0.1) is 10.1 Å². The minimum absolute atomic E-state index is 0.0216. The Morgan fingerprint density at radius 2 is 1.80 bits per heavy atom. The molecule has 2 atom stereocenters. The van der Waals surface area contributed by atoms with Crippen molar-refractivity contribution in [3.63, 3.8) is 0 Å². The molecule has 1 aliphatic rings. The lowest BCUT2D eigenvalue weighted by Gasteiger charge is -2.37. The summed E-state index contributed by atoms with van der Waals surface area (Å²) in [6.45, 7) is 9.01. The van der Waals surface area contributed by atoms with Crippen molar-refractivity contribution in [2.75, 3.05) is 31.1 Å². The highest BCUT2D eigenvalue weighted by molar-refractivity contribution is 7.89. The minimum atomic E-state index is -3.83. The predicted molar refractivity (Wildman–Crippen MR) is 95.4 cm³/mol. The first-order chi connectivity index (χ1) is 11.7. The van der Waals surface area contributed by atoms with Gasteiger partial charge in [0.05, 0.1) is 22.8 Å². The quantitative estimate of drug-likeness (QED) is 0.562. The Hall–Kier alpha value is -1.71. The molecule has 0 radical (unpaired) electrons. The molecule has 0 saturated carbocycles. The first-order valence-electron chi connectivity index (χ1n) is 8.39. The van der Waals surface area contributed by atoms with E-state index in [-0.39, 0.29) is 22.8 Å². The molecule has 1 aliphatic heterocycles. The maximum atomic E-state index is 13.0. The van der Waals surface area contributed by atoms with Crippen LogP contribution >= 0.6 is 0 Å². The van der Waals surface area contributed by atoms with Crippen molar-refractivity contribution in [3.8, 4) is 0 Å². The van der Waals surface area contributed by atoms with Crippen LogP contribution in [0.25, 0.3) is 0 Å². The summed E-state index contributed by atoms with van der Waals surface area (Å²) in [7, 11) is -3.83. The fourth-order valence-electron chi connectivity index (χ4n) is 3.16. The van der Waals surface area contributed by atoms with Gasteiger partial charge in [0.1, 0.15) is 4.90 Å². The van der Waals surface area contributed by atoms with Crippen LogP contribution in [-0.4, -0.2) is 56.0 Å². The zero-order chi connectivity index (χ0) is 18.8. The molecule has 1 aromatic carbocycles. The molecule has 0 bridgehead atoms. The fraction of sp³-hybridized carbons (Fsp3) is 0.625. The van der Waals surface area contributed by atoms with E-state index in [0.29, 0.717) is 31.9 Å². The summed E-state index contributed by atoms with van der Waals surface area (Å²) in [4.78, 5) is 12.5. The van der Waals surface area contributed by atoms with Crippen LogP contribution in [0.4, 0.5) is 11.4 Å². The van der Waals surface area contributed by atoms with Crippen LogP contribution < -0.4 is 4.90 Å². The molecule has 0 aromatic heterocycles. The summed E-state index contributed by atoms with van der Waals surface area (Å²) in [6.07, 6.45) is -0.106. The second kappa shape index (κ2) is 7.67. The summed E-state index contributed by atoms with van der Waals surface area (Å²) in [6, 6.07) is 4.04. The number of hydrogen-bond donors (Lipinski definition) is 0. The van der Waals surface area contributed by atoms with Crippen LogP contribution in [0.2, 0.25) is 0 Å². The highest BCUT2D eigenvalue weighted by Crippen LogP contribution is 2.33. The van der Waals surface area contributed by atoms with Crippen LogP contribution in [0.15, 0.2) is 23.1 Å². The molecule has 1 aromatic rings. The summed E-state index contributed by atoms with van der Waals surface area (Å²) in [5, 5.41) is 11.1. The highest BCUT2D eigenvalue weighted by atomic mass is 32.2. The normalized spacial score (nSPS) is 21.6. The van der Waals surface area contributed by atoms with E-state index in [4.69, 9.17) is 4.74 Å². The third-order valence-electron chi connectivity index (χ3n) is 4.24. The lowest BCUT2D eigenvalue weighted by Crippen LogP contribution is -2.46. The average Bonchev–Trinajstić information content (AvgIpc) is 2.54. The van der Waals surface area contributed by atoms with Crippen LogP contribution in [0.1, 0.15) is 27.7 Å². The first-order valence-corrected chi connectivity index (χ1v) is 9.83. The van der Waals surface area contributed by atoms with Crippen molar-refractivity contribution >= 4 is 21.4 Å². The van der Waals surface area contributed by atoms with Gasteiger partial charge in [-0.1, -0.05) is 13.8 Å². The van der Waals surface area contributed by atoms with Crippen molar-refractivity contribution in [3.05, 3.63) is 28.3 Å². The van der Waals surface area contributed by atoms with Crippen molar-refractivity contribution in [1.29, 1.82) is 0 Å². The lowest BCUT2D eigenvalue weighted by molar-refractivity contribution is -0.385. The molecule has 0 unspecified atom stereocenters. The standard InChI is InChI=1S/C16H25N3O5S/c1-5-18(6-2)25(22,23)16-9-14(19(20)21)7-8-15(16)17-10-12(3)24-13(4)11-17/h7-9,12-13H,5-6,10-11H2,1-4H3/t12-,13+. The number of anilines is 1. The van der Waals surface area contributed by atoms with Crippen molar-refractivity contribution in [1.82, 2.24) is 4.31 Å². The number of ether oxygens (including phenoxy) is 1.